The van der Waals surface area contributed by atoms with Gasteiger partial charge >= 0.3 is 0 Å². The highest BCUT2D eigenvalue weighted by Gasteiger charge is 2.19. The summed E-state index contributed by atoms with van der Waals surface area (Å²) in [5.41, 5.74) is 0.392. The number of rotatable bonds is 6. The Hall–Kier alpha value is -4.05. The summed E-state index contributed by atoms with van der Waals surface area (Å²) in [4.78, 5) is 0.0881. The summed E-state index contributed by atoms with van der Waals surface area (Å²) < 4.78 is 46.9. The van der Waals surface area contributed by atoms with Gasteiger partial charge in [0.2, 0.25) is 5.88 Å². The SMILES string of the molecule is O=S(=O)(Nc1ccc(Oc2ccc(-n3cccc3)nn2)cc1)c1ccc2c(c1)OCCCO2. The van der Waals surface area contributed by atoms with Crippen LogP contribution < -0.4 is 18.9 Å². The van der Waals surface area contributed by atoms with Crippen molar-refractivity contribution in [1.29, 1.82) is 0 Å². The highest BCUT2D eigenvalue weighted by atomic mass is 32.2. The number of nitrogens with zero attached hydrogens (tertiary/aromatic N) is 3. The number of benzene rings is 2. The van der Waals surface area contributed by atoms with Crippen LogP contribution in [0.25, 0.3) is 5.82 Å². The zero-order chi connectivity index (χ0) is 22.7. The maximum Gasteiger partial charge on any atom is 0.262 e. The lowest BCUT2D eigenvalue weighted by Gasteiger charge is -2.12. The van der Waals surface area contributed by atoms with Crippen molar-refractivity contribution in [2.45, 2.75) is 11.3 Å². The summed E-state index contributed by atoms with van der Waals surface area (Å²) in [6.45, 7) is 1.01. The van der Waals surface area contributed by atoms with Gasteiger partial charge in [0, 0.05) is 36.6 Å². The Morgan fingerprint density at radius 1 is 0.879 bits per heavy atom. The third-order valence-corrected chi connectivity index (χ3v) is 6.23. The van der Waals surface area contributed by atoms with Crippen LogP contribution in [0.1, 0.15) is 6.42 Å². The third kappa shape index (κ3) is 4.75. The lowest BCUT2D eigenvalue weighted by Crippen LogP contribution is -2.13. The van der Waals surface area contributed by atoms with Gasteiger partial charge in [0.1, 0.15) is 5.75 Å². The maximum atomic E-state index is 12.8. The van der Waals surface area contributed by atoms with E-state index in [9.17, 15) is 8.42 Å². The molecule has 0 fully saturated rings. The first-order valence-electron chi connectivity index (χ1n) is 10.2. The van der Waals surface area contributed by atoms with Crippen LogP contribution in [-0.4, -0.2) is 36.4 Å². The smallest absolute Gasteiger partial charge is 0.262 e. The second kappa shape index (κ2) is 8.83. The molecule has 1 N–H and O–H groups in total. The molecule has 2 aromatic heterocycles. The quantitative estimate of drug-likeness (QED) is 0.459. The monoisotopic (exact) mass is 464 g/mol. The standard InChI is InChI=1S/C23H20N4O5S/c28-33(29,19-8-9-20-21(16-19)31-15-3-14-30-20)26-17-4-6-18(7-5-17)32-23-11-10-22(24-25-23)27-12-1-2-13-27/h1-2,4-13,16,26H,3,14-15H2. The molecular formula is C23H20N4O5S. The van der Waals surface area contributed by atoms with Crippen molar-refractivity contribution in [3.05, 3.63) is 79.1 Å². The summed E-state index contributed by atoms with van der Waals surface area (Å²) in [5.74, 6) is 2.45. The van der Waals surface area contributed by atoms with Crippen LogP contribution in [0, 0.1) is 0 Å². The van der Waals surface area contributed by atoms with Crippen molar-refractivity contribution in [1.82, 2.24) is 14.8 Å². The van der Waals surface area contributed by atoms with E-state index in [2.05, 4.69) is 14.9 Å². The van der Waals surface area contributed by atoms with Gasteiger partial charge in [-0.3, -0.25) is 4.72 Å². The Balaban J connectivity index is 1.26. The van der Waals surface area contributed by atoms with Gasteiger partial charge in [0.15, 0.2) is 17.3 Å². The summed E-state index contributed by atoms with van der Waals surface area (Å²) >= 11 is 0. The molecule has 0 amide bonds. The molecule has 9 nitrogen and oxygen atoms in total. The number of aromatic nitrogens is 3. The van der Waals surface area contributed by atoms with Crippen LogP contribution in [0.4, 0.5) is 5.69 Å². The Kier molecular flexibility index (Phi) is 5.57. The van der Waals surface area contributed by atoms with E-state index in [4.69, 9.17) is 14.2 Å². The molecule has 0 unspecified atom stereocenters. The molecule has 4 aromatic rings. The van der Waals surface area contributed by atoms with E-state index in [1.165, 1.54) is 12.1 Å². The maximum absolute atomic E-state index is 12.8. The van der Waals surface area contributed by atoms with E-state index >= 15 is 0 Å². The Morgan fingerprint density at radius 3 is 2.36 bits per heavy atom. The van der Waals surface area contributed by atoms with Crippen molar-refractivity contribution in [3.8, 4) is 28.9 Å². The van der Waals surface area contributed by atoms with E-state index in [1.807, 2.05) is 29.1 Å². The average Bonchev–Trinajstić information content (AvgIpc) is 3.26. The third-order valence-electron chi connectivity index (χ3n) is 4.85. The second-order valence-electron chi connectivity index (χ2n) is 7.21. The fourth-order valence-electron chi connectivity index (χ4n) is 3.23. The predicted octanol–water partition coefficient (Wildman–Crippen LogP) is 4.02. The molecule has 168 valence electrons. The topological polar surface area (TPSA) is 105 Å². The number of ether oxygens (including phenoxy) is 3. The molecule has 2 aromatic carbocycles. The van der Waals surface area contributed by atoms with Crippen molar-refractivity contribution in [2.24, 2.45) is 0 Å². The normalized spacial score (nSPS) is 13.2. The minimum atomic E-state index is -3.81. The van der Waals surface area contributed by atoms with Crippen molar-refractivity contribution >= 4 is 15.7 Å². The van der Waals surface area contributed by atoms with Crippen LogP contribution in [0.2, 0.25) is 0 Å². The number of sulfonamides is 1. The lowest BCUT2D eigenvalue weighted by molar-refractivity contribution is 0.297. The highest BCUT2D eigenvalue weighted by molar-refractivity contribution is 7.92. The molecule has 1 aliphatic heterocycles. The van der Waals surface area contributed by atoms with E-state index in [1.54, 1.807) is 42.5 Å². The molecule has 0 saturated heterocycles. The summed E-state index contributed by atoms with van der Waals surface area (Å²) in [6, 6.07) is 18.4. The molecule has 10 heteroatoms. The van der Waals surface area contributed by atoms with Gasteiger partial charge in [-0.1, -0.05) is 0 Å². The molecule has 0 saturated carbocycles. The molecule has 33 heavy (non-hydrogen) atoms. The Morgan fingerprint density at radius 2 is 1.64 bits per heavy atom. The van der Waals surface area contributed by atoms with Crippen LogP contribution >= 0.6 is 0 Å². The number of hydrogen-bond donors (Lipinski definition) is 1. The van der Waals surface area contributed by atoms with Gasteiger partial charge in [0.25, 0.3) is 10.0 Å². The van der Waals surface area contributed by atoms with Gasteiger partial charge in [-0.05, 0) is 54.6 Å². The van der Waals surface area contributed by atoms with Crippen molar-refractivity contribution in [2.75, 3.05) is 17.9 Å². The van der Waals surface area contributed by atoms with Crippen LogP contribution in [0.3, 0.4) is 0 Å². The fraction of sp³-hybridized carbons (Fsp3) is 0.130. The molecule has 1 aliphatic rings. The number of fused-ring (bicyclic) bond motifs is 1. The van der Waals surface area contributed by atoms with E-state index < -0.39 is 10.0 Å². The zero-order valence-electron chi connectivity index (χ0n) is 17.4. The average molecular weight is 465 g/mol. The van der Waals surface area contributed by atoms with Gasteiger partial charge in [-0.2, -0.15) is 0 Å². The largest absolute Gasteiger partial charge is 0.490 e. The highest BCUT2D eigenvalue weighted by Crippen LogP contribution is 2.32. The van der Waals surface area contributed by atoms with Gasteiger partial charge < -0.3 is 18.8 Å². The minimum absolute atomic E-state index is 0.0881. The zero-order valence-corrected chi connectivity index (χ0v) is 18.2. The van der Waals surface area contributed by atoms with Crippen molar-refractivity contribution in [3.63, 3.8) is 0 Å². The first-order valence-corrected chi connectivity index (χ1v) is 11.7. The van der Waals surface area contributed by atoms with Crippen molar-refractivity contribution < 1.29 is 22.6 Å². The predicted molar refractivity (Wildman–Crippen MR) is 121 cm³/mol. The molecular weight excluding hydrogens is 444 g/mol. The van der Waals surface area contributed by atoms with E-state index in [0.717, 1.165) is 6.42 Å². The first-order chi connectivity index (χ1) is 16.1. The molecule has 0 aliphatic carbocycles. The fourth-order valence-corrected chi connectivity index (χ4v) is 4.30. The summed E-state index contributed by atoms with van der Waals surface area (Å²) in [7, 11) is -3.81. The molecule has 0 spiro atoms. The first kappa shape index (κ1) is 20.8. The van der Waals surface area contributed by atoms with Gasteiger partial charge in [0.05, 0.1) is 18.1 Å². The number of nitrogens with one attached hydrogen (secondary N) is 1. The van der Waals surface area contributed by atoms with Crippen LogP contribution in [0.5, 0.6) is 23.1 Å². The van der Waals surface area contributed by atoms with Crippen LogP contribution in [-0.2, 0) is 10.0 Å². The molecule has 3 heterocycles. The van der Waals surface area contributed by atoms with Gasteiger partial charge in [-0.25, -0.2) is 8.42 Å². The Labute approximate surface area is 190 Å². The summed E-state index contributed by atoms with van der Waals surface area (Å²) in [5, 5.41) is 8.20. The van der Waals surface area contributed by atoms with E-state index in [0.29, 0.717) is 47.8 Å². The lowest BCUT2D eigenvalue weighted by atomic mass is 10.3. The number of anilines is 1. The minimum Gasteiger partial charge on any atom is -0.490 e. The molecule has 5 rings (SSSR count). The molecule has 0 atom stereocenters. The Bertz CT molecular complexity index is 1340. The summed E-state index contributed by atoms with van der Waals surface area (Å²) in [6.07, 6.45) is 4.49. The molecule has 0 bridgehead atoms. The van der Waals surface area contributed by atoms with E-state index in [-0.39, 0.29) is 4.90 Å². The second-order valence-corrected chi connectivity index (χ2v) is 8.89. The van der Waals surface area contributed by atoms with Gasteiger partial charge in [-0.15, -0.1) is 10.2 Å². The molecule has 0 radical (unpaired) electrons. The van der Waals surface area contributed by atoms with Crippen LogP contribution in [0.15, 0.2) is 84.0 Å². The number of hydrogen-bond acceptors (Lipinski definition) is 7.